The second-order valence-corrected chi connectivity index (χ2v) is 5.40. The molecule has 5 nitrogen and oxygen atoms in total. The molecule has 0 aliphatic heterocycles. The van der Waals surface area contributed by atoms with E-state index in [2.05, 4.69) is 10.6 Å². The Morgan fingerprint density at radius 1 is 0.870 bits per heavy atom. The fourth-order valence-electron chi connectivity index (χ4n) is 2.11. The summed E-state index contributed by atoms with van der Waals surface area (Å²) < 4.78 is 0. The van der Waals surface area contributed by atoms with Crippen LogP contribution < -0.4 is 15.5 Å². The van der Waals surface area contributed by atoms with Crippen molar-refractivity contribution >= 4 is 17.5 Å². The summed E-state index contributed by atoms with van der Waals surface area (Å²) in [4.78, 5) is 25.6. The van der Waals surface area contributed by atoms with Crippen LogP contribution in [0, 0.1) is 0 Å². The lowest BCUT2D eigenvalue weighted by Gasteiger charge is -2.12. The Kier molecular flexibility index (Phi) is 5.36. The van der Waals surface area contributed by atoms with Crippen LogP contribution in [-0.4, -0.2) is 33.0 Å². The molecule has 2 aromatic carbocycles. The molecular formula is C18H21N3O2. The molecule has 0 heterocycles. The molecule has 0 saturated carbocycles. The summed E-state index contributed by atoms with van der Waals surface area (Å²) in [5, 5.41) is 5.45. The van der Waals surface area contributed by atoms with Gasteiger partial charge in [0.25, 0.3) is 11.8 Å². The number of hydrogen-bond acceptors (Lipinski definition) is 3. The van der Waals surface area contributed by atoms with Crippen molar-refractivity contribution in [1.82, 2.24) is 10.6 Å². The summed E-state index contributed by atoms with van der Waals surface area (Å²) >= 11 is 0. The Labute approximate surface area is 136 Å². The maximum atomic E-state index is 12.1. The number of nitrogens with zero attached hydrogens (tertiary/aromatic N) is 1. The highest BCUT2D eigenvalue weighted by molar-refractivity contribution is 5.95. The van der Waals surface area contributed by atoms with Gasteiger partial charge < -0.3 is 15.5 Å². The number of benzene rings is 2. The van der Waals surface area contributed by atoms with E-state index < -0.39 is 0 Å². The van der Waals surface area contributed by atoms with E-state index in [1.807, 2.05) is 43.3 Å². The van der Waals surface area contributed by atoms with Crippen molar-refractivity contribution in [3.8, 4) is 0 Å². The summed E-state index contributed by atoms with van der Waals surface area (Å²) in [7, 11) is 5.51. The standard InChI is InChI=1S/C18H21N3O2/c1-19-17(22)14-6-4-13(5-7-14)12-20-18(23)15-8-10-16(11-9-15)21(2)3/h4-11H,12H2,1-3H3,(H,19,22)(H,20,23). The molecule has 120 valence electrons. The van der Waals surface area contributed by atoms with Crippen LogP contribution in [0.2, 0.25) is 0 Å². The summed E-state index contributed by atoms with van der Waals surface area (Å²) in [6.07, 6.45) is 0. The van der Waals surface area contributed by atoms with Crippen LogP contribution in [0.5, 0.6) is 0 Å². The van der Waals surface area contributed by atoms with Crippen molar-refractivity contribution in [2.75, 3.05) is 26.0 Å². The van der Waals surface area contributed by atoms with Gasteiger partial charge >= 0.3 is 0 Å². The molecule has 0 aliphatic rings. The summed E-state index contributed by atoms with van der Waals surface area (Å²) in [6, 6.07) is 14.6. The molecule has 5 heteroatoms. The number of nitrogens with one attached hydrogen (secondary N) is 2. The molecule has 0 spiro atoms. The maximum absolute atomic E-state index is 12.1. The summed E-state index contributed by atoms with van der Waals surface area (Å²) in [5.74, 6) is -0.243. The SMILES string of the molecule is CNC(=O)c1ccc(CNC(=O)c2ccc(N(C)C)cc2)cc1. The minimum atomic E-state index is -0.124. The van der Waals surface area contributed by atoms with Crippen LogP contribution in [0.1, 0.15) is 26.3 Å². The van der Waals surface area contributed by atoms with Crippen molar-refractivity contribution in [2.24, 2.45) is 0 Å². The Morgan fingerprint density at radius 2 is 1.39 bits per heavy atom. The molecule has 0 unspecified atom stereocenters. The fraction of sp³-hybridized carbons (Fsp3) is 0.222. The highest BCUT2D eigenvalue weighted by atomic mass is 16.2. The van der Waals surface area contributed by atoms with E-state index in [0.717, 1.165) is 11.3 Å². The quantitative estimate of drug-likeness (QED) is 0.888. The highest BCUT2D eigenvalue weighted by Gasteiger charge is 2.07. The zero-order valence-electron chi connectivity index (χ0n) is 13.6. The van der Waals surface area contributed by atoms with Gasteiger partial charge in [0.2, 0.25) is 0 Å². The van der Waals surface area contributed by atoms with Crippen LogP contribution >= 0.6 is 0 Å². The largest absolute Gasteiger partial charge is 0.378 e. The number of carbonyl (C=O) groups is 2. The van der Waals surface area contributed by atoms with Crippen molar-refractivity contribution in [1.29, 1.82) is 0 Å². The van der Waals surface area contributed by atoms with E-state index in [4.69, 9.17) is 0 Å². The van der Waals surface area contributed by atoms with Gasteiger partial charge in [-0.15, -0.1) is 0 Å². The second-order valence-electron chi connectivity index (χ2n) is 5.40. The third kappa shape index (κ3) is 4.32. The molecule has 0 aliphatic carbocycles. The van der Waals surface area contributed by atoms with Crippen LogP contribution in [0.15, 0.2) is 48.5 Å². The molecule has 2 rings (SSSR count). The van der Waals surface area contributed by atoms with Gasteiger partial charge in [0.1, 0.15) is 0 Å². The van der Waals surface area contributed by atoms with Crippen LogP contribution in [0.4, 0.5) is 5.69 Å². The van der Waals surface area contributed by atoms with Gasteiger partial charge in [-0.2, -0.15) is 0 Å². The number of anilines is 1. The van der Waals surface area contributed by atoms with Crippen LogP contribution in [-0.2, 0) is 6.54 Å². The third-order valence-corrected chi connectivity index (χ3v) is 3.54. The van der Waals surface area contributed by atoms with E-state index >= 15 is 0 Å². The minimum Gasteiger partial charge on any atom is -0.378 e. The van der Waals surface area contributed by atoms with Gasteiger partial charge in [0, 0.05) is 44.5 Å². The average Bonchev–Trinajstić information content (AvgIpc) is 2.59. The summed E-state index contributed by atoms with van der Waals surface area (Å²) in [5.41, 5.74) is 3.21. The van der Waals surface area contributed by atoms with Crippen LogP contribution in [0.3, 0.4) is 0 Å². The van der Waals surface area contributed by atoms with Gasteiger partial charge in [-0.1, -0.05) is 12.1 Å². The first kappa shape index (κ1) is 16.5. The number of hydrogen-bond donors (Lipinski definition) is 2. The molecule has 0 radical (unpaired) electrons. The smallest absolute Gasteiger partial charge is 0.251 e. The predicted octanol–water partition coefficient (Wildman–Crippen LogP) is 2.04. The van der Waals surface area contributed by atoms with Crippen molar-refractivity contribution in [2.45, 2.75) is 6.54 Å². The maximum Gasteiger partial charge on any atom is 0.251 e. The Balaban J connectivity index is 1.94. The third-order valence-electron chi connectivity index (χ3n) is 3.54. The second kappa shape index (κ2) is 7.45. The molecular weight excluding hydrogens is 290 g/mol. The molecule has 0 atom stereocenters. The number of carbonyl (C=O) groups excluding carboxylic acids is 2. The summed E-state index contributed by atoms with van der Waals surface area (Å²) in [6.45, 7) is 0.419. The van der Waals surface area contributed by atoms with Gasteiger partial charge in [0.15, 0.2) is 0 Å². The van der Waals surface area contributed by atoms with E-state index in [-0.39, 0.29) is 11.8 Å². The van der Waals surface area contributed by atoms with Crippen LogP contribution in [0.25, 0.3) is 0 Å². The highest BCUT2D eigenvalue weighted by Crippen LogP contribution is 2.12. The molecule has 2 aromatic rings. The number of rotatable bonds is 5. The fourth-order valence-corrected chi connectivity index (χ4v) is 2.11. The van der Waals surface area contributed by atoms with Gasteiger partial charge in [-0.3, -0.25) is 9.59 Å². The van der Waals surface area contributed by atoms with E-state index in [1.165, 1.54) is 0 Å². The first-order valence-electron chi connectivity index (χ1n) is 7.38. The van der Waals surface area contributed by atoms with Crippen molar-refractivity contribution in [3.05, 3.63) is 65.2 Å². The number of amides is 2. The molecule has 2 amide bonds. The molecule has 0 aromatic heterocycles. The molecule has 0 saturated heterocycles. The normalized spacial score (nSPS) is 10.0. The van der Waals surface area contributed by atoms with Gasteiger partial charge in [-0.25, -0.2) is 0 Å². The monoisotopic (exact) mass is 311 g/mol. The molecule has 0 fully saturated rings. The van der Waals surface area contributed by atoms with Crippen molar-refractivity contribution in [3.63, 3.8) is 0 Å². The first-order chi connectivity index (χ1) is 11.0. The Bertz CT molecular complexity index is 676. The lowest BCUT2D eigenvalue weighted by molar-refractivity contribution is 0.0946. The molecule has 2 N–H and O–H groups in total. The topological polar surface area (TPSA) is 61.4 Å². The molecule has 23 heavy (non-hydrogen) atoms. The Hall–Kier alpha value is -2.82. The minimum absolute atomic E-state index is 0.120. The zero-order chi connectivity index (χ0) is 16.8. The van der Waals surface area contributed by atoms with Gasteiger partial charge in [0.05, 0.1) is 0 Å². The van der Waals surface area contributed by atoms with E-state index in [9.17, 15) is 9.59 Å². The predicted molar refractivity (Wildman–Crippen MR) is 91.8 cm³/mol. The molecule has 0 bridgehead atoms. The van der Waals surface area contributed by atoms with E-state index in [1.54, 1.807) is 31.3 Å². The lowest BCUT2D eigenvalue weighted by atomic mass is 10.1. The Morgan fingerprint density at radius 3 is 1.91 bits per heavy atom. The lowest BCUT2D eigenvalue weighted by Crippen LogP contribution is -2.23. The van der Waals surface area contributed by atoms with Gasteiger partial charge in [-0.05, 0) is 42.0 Å². The van der Waals surface area contributed by atoms with Crippen molar-refractivity contribution < 1.29 is 9.59 Å². The van der Waals surface area contributed by atoms with E-state index in [0.29, 0.717) is 17.7 Å². The average molecular weight is 311 g/mol. The first-order valence-corrected chi connectivity index (χ1v) is 7.38. The zero-order valence-corrected chi connectivity index (χ0v) is 13.6.